The van der Waals surface area contributed by atoms with Gasteiger partial charge in [-0.05, 0) is 31.1 Å². The molecule has 2 rings (SSSR count). The van der Waals surface area contributed by atoms with Crippen LogP contribution in [0.5, 0.6) is 0 Å². The van der Waals surface area contributed by atoms with E-state index in [1.54, 1.807) is 6.08 Å². The number of fused-ring (bicyclic) bond motifs is 2. The number of carbonyl (C=O) groups is 2. The molecule has 0 spiro atoms. The van der Waals surface area contributed by atoms with Crippen LogP contribution in [-0.2, 0) is 9.59 Å². The maximum absolute atomic E-state index is 11.9. The lowest BCUT2D eigenvalue weighted by molar-refractivity contribution is -0.149. The van der Waals surface area contributed by atoms with Crippen LogP contribution in [0.1, 0.15) is 19.3 Å². The number of aliphatic carboxylic acids is 1. The second-order valence-electron chi connectivity index (χ2n) is 4.76. The highest BCUT2D eigenvalue weighted by Crippen LogP contribution is 2.52. The summed E-state index contributed by atoms with van der Waals surface area (Å²) in [6.07, 6.45) is 4.48. The van der Waals surface area contributed by atoms with E-state index in [2.05, 4.69) is 11.9 Å². The molecule has 2 saturated carbocycles. The smallest absolute Gasteiger partial charge is 0.307 e. The third-order valence-electron chi connectivity index (χ3n) is 3.92. The van der Waals surface area contributed by atoms with Crippen LogP contribution in [-0.4, -0.2) is 23.5 Å². The summed E-state index contributed by atoms with van der Waals surface area (Å²) in [6, 6.07) is 0. The second kappa shape index (κ2) is 4.28. The fraction of sp³-hybridized carbons (Fsp3) is 0.667. The number of hydrogen-bond donors (Lipinski definition) is 2. The third kappa shape index (κ3) is 1.72. The summed E-state index contributed by atoms with van der Waals surface area (Å²) >= 11 is 0. The minimum Gasteiger partial charge on any atom is -0.481 e. The lowest BCUT2D eigenvalue weighted by Crippen LogP contribution is -2.41. The highest BCUT2D eigenvalue weighted by atomic mass is 16.4. The second-order valence-corrected chi connectivity index (χ2v) is 4.76. The summed E-state index contributed by atoms with van der Waals surface area (Å²) in [5.74, 6) is -1.23. The van der Waals surface area contributed by atoms with Crippen LogP contribution >= 0.6 is 0 Å². The monoisotopic (exact) mass is 223 g/mol. The molecule has 0 radical (unpaired) electrons. The predicted molar refractivity (Wildman–Crippen MR) is 58.7 cm³/mol. The molecule has 16 heavy (non-hydrogen) atoms. The van der Waals surface area contributed by atoms with Gasteiger partial charge in [-0.15, -0.1) is 6.58 Å². The summed E-state index contributed by atoms with van der Waals surface area (Å²) in [5, 5.41) is 11.9. The molecular weight excluding hydrogens is 206 g/mol. The number of rotatable bonds is 4. The van der Waals surface area contributed by atoms with Crippen LogP contribution in [0.4, 0.5) is 0 Å². The molecule has 2 N–H and O–H groups in total. The van der Waals surface area contributed by atoms with Crippen molar-refractivity contribution in [1.29, 1.82) is 0 Å². The van der Waals surface area contributed by atoms with Crippen LogP contribution < -0.4 is 5.32 Å². The molecule has 0 aromatic rings. The molecule has 88 valence electrons. The van der Waals surface area contributed by atoms with Crippen molar-refractivity contribution in [2.24, 2.45) is 23.7 Å². The maximum atomic E-state index is 11.9. The Labute approximate surface area is 94.7 Å². The van der Waals surface area contributed by atoms with Crippen molar-refractivity contribution < 1.29 is 14.7 Å². The molecule has 4 atom stereocenters. The van der Waals surface area contributed by atoms with Gasteiger partial charge in [-0.2, -0.15) is 0 Å². The first kappa shape index (κ1) is 11.2. The standard InChI is InChI=1S/C12H17NO3/c1-2-5-13-11(14)9-7-3-4-8(6-7)10(9)12(15)16/h2,7-10H,1,3-6H2,(H,13,14)(H,15,16)/t7-,8+,9-,10-/m0/s1. The van der Waals surface area contributed by atoms with Crippen molar-refractivity contribution in [3.8, 4) is 0 Å². The Hall–Kier alpha value is -1.32. The van der Waals surface area contributed by atoms with Gasteiger partial charge in [-0.1, -0.05) is 6.08 Å². The Balaban J connectivity index is 2.09. The molecule has 0 aromatic heterocycles. The predicted octanol–water partition coefficient (Wildman–Crippen LogP) is 1.04. The summed E-state index contributed by atoms with van der Waals surface area (Å²) in [5.41, 5.74) is 0. The van der Waals surface area contributed by atoms with E-state index < -0.39 is 11.9 Å². The first-order valence-electron chi connectivity index (χ1n) is 5.76. The van der Waals surface area contributed by atoms with Crippen LogP contribution in [0.3, 0.4) is 0 Å². The summed E-state index contributed by atoms with van der Waals surface area (Å²) in [7, 11) is 0. The average molecular weight is 223 g/mol. The van der Waals surface area contributed by atoms with Gasteiger partial charge >= 0.3 is 5.97 Å². The molecular formula is C12H17NO3. The van der Waals surface area contributed by atoms with E-state index in [0.717, 1.165) is 19.3 Å². The Bertz CT molecular complexity index is 326. The van der Waals surface area contributed by atoms with Crippen molar-refractivity contribution in [1.82, 2.24) is 5.32 Å². The largest absolute Gasteiger partial charge is 0.481 e. The van der Waals surface area contributed by atoms with Gasteiger partial charge in [-0.3, -0.25) is 9.59 Å². The first-order chi connectivity index (χ1) is 7.65. The quantitative estimate of drug-likeness (QED) is 0.700. The molecule has 2 bridgehead atoms. The molecule has 2 fully saturated rings. The van der Waals surface area contributed by atoms with E-state index in [1.165, 1.54) is 0 Å². The van der Waals surface area contributed by atoms with Gasteiger partial charge in [0, 0.05) is 6.54 Å². The van der Waals surface area contributed by atoms with E-state index in [9.17, 15) is 14.7 Å². The molecule has 2 aliphatic carbocycles. The average Bonchev–Trinajstić information content (AvgIpc) is 2.84. The van der Waals surface area contributed by atoms with Gasteiger partial charge < -0.3 is 10.4 Å². The summed E-state index contributed by atoms with van der Waals surface area (Å²) in [6.45, 7) is 3.95. The zero-order valence-corrected chi connectivity index (χ0v) is 9.19. The van der Waals surface area contributed by atoms with Gasteiger partial charge in [0.2, 0.25) is 5.91 Å². The van der Waals surface area contributed by atoms with E-state index in [4.69, 9.17) is 0 Å². The minimum atomic E-state index is -0.814. The number of carboxylic acids is 1. The van der Waals surface area contributed by atoms with Crippen molar-refractivity contribution in [3.05, 3.63) is 12.7 Å². The van der Waals surface area contributed by atoms with Crippen molar-refractivity contribution in [3.63, 3.8) is 0 Å². The van der Waals surface area contributed by atoms with Gasteiger partial charge in [-0.25, -0.2) is 0 Å². The summed E-state index contributed by atoms with van der Waals surface area (Å²) < 4.78 is 0. The highest BCUT2D eigenvalue weighted by Gasteiger charge is 2.53. The molecule has 4 nitrogen and oxygen atoms in total. The summed E-state index contributed by atoms with van der Waals surface area (Å²) in [4.78, 5) is 23.1. The van der Waals surface area contributed by atoms with Gasteiger partial charge in [0.1, 0.15) is 0 Å². The topological polar surface area (TPSA) is 66.4 Å². The normalized spacial score (nSPS) is 36.0. The van der Waals surface area contributed by atoms with E-state index in [0.29, 0.717) is 6.54 Å². The SMILES string of the molecule is C=CCNC(=O)[C@H]1[C@H]2CC[C@H](C2)[C@@H]1C(=O)O. The highest BCUT2D eigenvalue weighted by molar-refractivity contribution is 5.86. The van der Waals surface area contributed by atoms with Crippen LogP contribution in [0.25, 0.3) is 0 Å². The molecule has 0 unspecified atom stereocenters. The first-order valence-corrected chi connectivity index (χ1v) is 5.76. The molecule has 2 aliphatic rings. The molecule has 0 aromatic carbocycles. The lowest BCUT2D eigenvalue weighted by atomic mass is 9.79. The molecule has 0 saturated heterocycles. The fourth-order valence-corrected chi connectivity index (χ4v) is 3.31. The molecule has 1 amide bonds. The van der Waals surface area contributed by atoms with Gasteiger partial charge in [0.25, 0.3) is 0 Å². The Morgan fingerprint density at radius 2 is 1.94 bits per heavy atom. The van der Waals surface area contributed by atoms with Crippen molar-refractivity contribution >= 4 is 11.9 Å². The Morgan fingerprint density at radius 3 is 2.50 bits per heavy atom. The zero-order chi connectivity index (χ0) is 11.7. The molecule has 0 aliphatic heterocycles. The maximum Gasteiger partial charge on any atom is 0.307 e. The van der Waals surface area contributed by atoms with E-state index in [1.807, 2.05) is 0 Å². The number of nitrogens with one attached hydrogen (secondary N) is 1. The Morgan fingerprint density at radius 1 is 1.31 bits per heavy atom. The zero-order valence-electron chi connectivity index (χ0n) is 9.19. The fourth-order valence-electron chi connectivity index (χ4n) is 3.31. The van der Waals surface area contributed by atoms with Crippen molar-refractivity contribution in [2.75, 3.05) is 6.54 Å². The van der Waals surface area contributed by atoms with E-state index in [-0.39, 0.29) is 23.7 Å². The lowest BCUT2D eigenvalue weighted by Gasteiger charge is -2.26. The number of hydrogen-bond acceptors (Lipinski definition) is 2. The van der Waals surface area contributed by atoms with Crippen LogP contribution in [0.15, 0.2) is 12.7 Å². The van der Waals surface area contributed by atoms with Crippen LogP contribution in [0, 0.1) is 23.7 Å². The molecule has 4 heteroatoms. The molecule has 0 heterocycles. The van der Waals surface area contributed by atoms with Crippen molar-refractivity contribution in [2.45, 2.75) is 19.3 Å². The number of carboxylic acid groups (broad SMARTS) is 1. The minimum absolute atomic E-state index is 0.112. The third-order valence-corrected chi connectivity index (χ3v) is 3.92. The number of carbonyl (C=O) groups excluding carboxylic acids is 1. The van der Waals surface area contributed by atoms with Gasteiger partial charge in [0.15, 0.2) is 0 Å². The van der Waals surface area contributed by atoms with E-state index >= 15 is 0 Å². The Kier molecular flexibility index (Phi) is 2.99. The van der Waals surface area contributed by atoms with Gasteiger partial charge in [0.05, 0.1) is 11.8 Å². The van der Waals surface area contributed by atoms with Crippen LogP contribution in [0.2, 0.25) is 0 Å². The number of amides is 1.